The molecule has 0 saturated heterocycles. The van der Waals surface area contributed by atoms with Crippen LogP contribution in [0.4, 0.5) is 0 Å². The molecule has 0 saturated carbocycles. The second-order valence-corrected chi connectivity index (χ2v) is 1.46. The average Bonchev–Trinajstić information content (AvgIpc) is 1.69. The topological polar surface area (TPSA) is 12.9 Å². The zero-order valence-corrected chi connectivity index (χ0v) is 4.18. The van der Waals surface area contributed by atoms with Crippen molar-refractivity contribution in [2.45, 2.75) is 6.92 Å². The molecule has 8 heavy (non-hydrogen) atoms. The Bertz CT molecular complexity index is 138. The molecule has 0 N–H and O–H groups in total. The summed E-state index contributed by atoms with van der Waals surface area (Å²) in [4.78, 5) is 3.76. The normalized spacial score (nSPS) is 7.62. The maximum atomic E-state index is 3.76. The van der Waals surface area contributed by atoms with Gasteiger partial charge in [-0.3, -0.25) is 4.98 Å². The van der Waals surface area contributed by atoms with Gasteiger partial charge in [0, 0.05) is 6.20 Å². The Labute approximate surface area is 65.3 Å². The van der Waals surface area contributed by atoms with Gasteiger partial charge in [-0.1, -0.05) is 6.07 Å². The van der Waals surface area contributed by atoms with Crippen molar-refractivity contribution >= 4 is 23.1 Å². The van der Waals surface area contributed by atoms with Gasteiger partial charge < -0.3 is 0 Å². The summed E-state index contributed by atoms with van der Waals surface area (Å²) in [6, 6.07) is 3.77. The van der Waals surface area contributed by atoms with Crippen molar-refractivity contribution < 1.29 is 0 Å². The van der Waals surface area contributed by atoms with Crippen LogP contribution in [0.5, 0.6) is 0 Å². The van der Waals surface area contributed by atoms with E-state index in [0.717, 1.165) is 0 Å². The van der Waals surface area contributed by atoms with Crippen LogP contribution in [-0.2, 0) is 0 Å². The largest absolute Gasteiger partial charge is 0.316 e. The molecule has 2 heteroatoms. The summed E-state index contributed by atoms with van der Waals surface area (Å²) in [5, 5.41) is 0. The van der Waals surface area contributed by atoms with Crippen LogP contribution in [0.15, 0.2) is 18.3 Å². The molecule has 0 aliphatic carbocycles. The van der Waals surface area contributed by atoms with Crippen LogP contribution in [0.1, 0.15) is 5.56 Å². The van der Waals surface area contributed by atoms with Gasteiger partial charge in [-0.25, -0.2) is 0 Å². The summed E-state index contributed by atoms with van der Waals surface area (Å²) in [6.45, 7) is 2.00. The molecule has 0 bridgehead atoms. The molecule has 1 nitrogen and oxygen atoms in total. The van der Waals surface area contributed by atoms with Crippen LogP contribution < -0.4 is 0 Å². The Morgan fingerprint density at radius 1 is 1.62 bits per heavy atom. The molecule has 1 heterocycles. The Kier molecular flexibility index (Phi) is 3.82. The maximum Gasteiger partial charge on any atom is 0.316 e. The lowest BCUT2D eigenvalue weighted by atomic mass is 10.3. The SMILES string of the molecule is Cc1cc[c]nc1.[MgH2]. The number of pyridine rings is 1. The van der Waals surface area contributed by atoms with Gasteiger partial charge in [0.15, 0.2) is 0 Å². The lowest BCUT2D eigenvalue weighted by molar-refractivity contribution is 1.26. The van der Waals surface area contributed by atoms with Gasteiger partial charge in [0.1, 0.15) is 0 Å². The number of rotatable bonds is 0. The Balaban J connectivity index is 0.000000490. The fraction of sp³-hybridized carbons (Fsp3) is 0.167. The molecule has 1 aromatic rings. The average molecular weight is 118 g/mol. The molecular weight excluding hydrogens is 110 g/mol. The van der Waals surface area contributed by atoms with Crippen molar-refractivity contribution in [1.29, 1.82) is 0 Å². The van der Waals surface area contributed by atoms with Gasteiger partial charge in [-0.2, -0.15) is 0 Å². The van der Waals surface area contributed by atoms with E-state index in [4.69, 9.17) is 0 Å². The predicted octanol–water partition coefficient (Wildman–Crippen LogP) is 0.274. The smallest absolute Gasteiger partial charge is 0.254 e. The van der Waals surface area contributed by atoms with Crippen molar-refractivity contribution in [3.8, 4) is 0 Å². The number of nitrogens with zero attached hydrogens (tertiary/aromatic N) is 1. The molecule has 0 amide bonds. The molecule has 0 aliphatic heterocycles. The van der Waals surface area contributed by atoms with Gasteiger partial charge in [-0.05, 0) is 18.6 Å². The van der Waals surface area contributed by atoms with E-state index in [1.54, 1.807) is 12.3 Å². The molecule has 1 radical (unpaired) electrons. The van der Waals surface area contributed by atoms with E-state index in [1.807, 2.05) is 13.0 Å². The molecule has 0 atom stereocenters. The highest BCUT2D eigenvalue weighted by molar-refractivity contribution is 5.75. The first-order valence-electron chi connectivity index (χ1n) is 2.18. The lowest BCUT2D eigenvalue weighted by Gasteiger charge is -1.81. The third-order valence-electron chi connectivity index (χ3n) is 0.763. The van der Waals surface area contributed by atoms with Crippen molar-refractivity contribution in [3.63, 3.8) is 0 Å². The standard InChI is InChI=1S/C6H6N.Mg.2H/c1-6-3-2-4-7-5-6;;;/h2-3,5H,1H3;;;. The first-order chi connectivity index (χ1) is 3.39. The summed E-state index contributed by atoms with van der Waals surface area (Å²) >= 11 is 0. The van der Waals surface area contributed by atoms with Crippen LogP contribution >= 0.6 is 0 Å². The Morgan fingerprint density at radius 3 is 2.62 bits per heavy atom. The fourth-order valence-corrected chi connectivity index (χ4v) is 0.394. The molecule has 0 unspecified atom stereocenters. The van der Waals surface area contributed by atoms with Gasteiger partial charge in [0.05, 0.1) is 6.20 Å². The van der Waals surface area contributed by atoms with Crippen LogP contribution in [-0.4, -0.2) is 28.0 Å². The first-order valence-corrected chi connectivity index (χ1v) is 2.18. The van der Waals surface area contributed by atoms with Gasteiger partial charge >= 0.3 is 23.1 Å². The van der Waals surface area contributed by atoms with E-state index >= 15 is 0 Å². The molecule has 1 rings (SSSR count). The van der Waals surface area contributed by atoms with E-state index in [0.29, 0.717) is 0 Å². The molecule has 0 fully saturated rings. The third kappa shape index (κ3) is 2.28. The van der Waals surface area contributed by atoms with E-state index in [-0.39, 0.29) is 23.1 Å². The van der Waals surface area contributed by atoms with E-state index in [2.05, 4.69) is 11.2 Å². The van der Waals surface area contributed by atoms with E-state index in [1.165, 1.54) is 5.56 Å². The third-order valence-corrected chi connectivity index (χ3v) is 0.763. The molecule has 39 valence electrons. The van der Waals surface area contributed by atoms with Crippen LogP contribution in [0, 0.1) is 13.1 Å². The molecular formula is C6H8MgN. The zero-order valence-electron chi connectivity index (χ0n) is 4.18. The Morgan fingerprint density at radius 2 is 2.38 bits per heavy atom. The van der Waals surface area contributed by atoms with Crippen molar-refractivity contribution in [2.24, 2.45) is 0 Å². The second kappa shape index (κ2) is 3.86. The van der Waals surface area contributed by atoms with E-state index in [9.17, 15) is 0 Å². The highest BCUT2D eigenvalue weighted by atomic mass is 24.3. The number of aryl methyl sites for hydroxylation is 1. The minimum absolute atomic E-state index is 0. The van der Waals surface area contributed by atoms with Gasteiger partial charge in [0.2, 0.25) is 0 Å². The second-order valence-electron chi connectivity index (χ2n) is 1.46. The quantitative estimate of drug-likeness (QED) is 0.446. The molecule has 0 spiro atoms. The molecule has 0 aliphatic rings. The van der Waals surface area contributed by atoms with Crippen LogP contribution in [0.25, 0.3) is 0 Å². The Hall–Kier alpha value is -0.0838. The number of aromatic nitrogens is 1. The van der Waals surface area contributed by atoms with Gasteiger partial charge in [0.25, 0.3) is 0 Å². The minimum Gasteiger partial charge on any atom is -0.254 e. The first kappa shape index (κ1) is 7.92. The minimum atomic E-state index is 0. The summed E-state index contributed by atoms with van der Waals surface area (Å²) in [5.41, 5.74) is 1.18. The van der Waals surface area contributed by atoms with E-state index < -0.39 is 0 Å². The highest BCUT2D eigenvalue weighted by Crippen LogP contribution is 1.87. The summed E-state index contributed by atoms with van der Waals surface area (Å²) in [6.07, 6.45) is 4.46. The van der Waals surface area contributed by atoms with Crippen LogP contribution in [0.2, 0.25) is 0 Å². The zero-order chi connectivity index (χ0) is 5.11. The number of hydrogen-bond acceptors (Lipinski definition) is 1. The van der Waals surface area contributed by atoms with Crippen molar-refractivity contribution in [2.75, 3.05) is 0 Å². The van der Waals surface area contributed by atoms with Crippen molar-refractivity contribution in [1.82, 2.24) is 4.98 Å². The summed E-state index contributed by atoms with van der Waals surface area (Å²) < 4.78 is 0. The number of hydrogen-bond donors (Lipinski definition) is 0. The van der Waals surface area contributed by atoms with Crippen molar-refractivity contribution in [3.05, 3.63) is 30.1 Å². The molecule has 1 aromatic heterocycles. The highest BCUT2D eigenvalue weighted by Gasteiger charge is 1.73. The van der Waals surface area contributed by atoms with Gasteiger partial charge in [-0.15, -0.1) is 0 Å². The predicted molar refractivity (Wildman–Crippen MR) is 36.4 cm³/mol. The molecule has 0 aromatic carbocycles. The summed E-state index contributed by atoms with van der Waals surface area (Å²) in [5.74, 6) is 0. The van der Waals surface area contributed by atoms with Crippen LogP contribution in [0.3, 0.4) is 0 Å². The summed E-state index contributed by atoms with van der Waals surface area (Å²) in [7, 11) is 0. The maximum absolute atomic E-state index is 3.76. The fourth-order valence-electron chi connectivity index (χ4n) is 0.394. The monoisotopic (exact) mass is 118 g/mol. The lowest BCUT2D eigenvalue weighted by Crippen LogP contribution is -1.70.